The molecule has 0 spiro atoms. The van der Waals surface area contributed by atoms with Crippen LogP contribution >= 0.6 is 0 Å². The highest BCUT2D eigenvalue weighted by atomic mass is 16.6. The van der Waals surface area contributed by atoms with Crippen molar-refractivity contribution in [3.05, 3.63) is 0 Å². The minimum absolute atomic E-state index is 0.106. The van der Waals surface area contributed by atoms with Crippen LogP contribution in [0.3, 0.4) is 0 Å². The quantitative estimate of drug-likeness (QED) is 0.681. The van der Waals surface area contributed by atoms with Crippen LogP contribution in [-0.2, 0) is 9.53 Å². The Morgan fingerprint density at radius 1 is 0.955 bits per heavy atom. The van der Waals surface area contributed by atoms with E-state index in [1.807, 2.05) is 0 Å². The third kappa shape index (κ3) is 2.83. The standard InChI is InChI=1S/C20H34O2/c1-12-6-8-16(9-7-12)20(4,5)22-19(21)18-11-15-10-17(18)14(3)13(15)2/h12-18H,6-11H2,1-5H3. The molecule has 22 heavy (non-hydrogen) atoms. The SMILES string of the molecule is CC1CCC(C(C)(C)OC(=O)C2CC3CC2C(C)C3C)CC1. The fourth-order valence-corrected chi connectivity index (χ4v) is 5.59. The molecule has 0 aromatic carbocycles. The maximum absolute atomic E-state index is 12.8. The summed E-state index contributed by atoms with van der Waals surface area (Å²) >= 11 is 0. The maximum Gasteiger partial charge on any atom is 0.309 e. The van der Waals surface area contributed by atoms with Crippen LogP contribution in [0.15, 0.2) is 0 Å². The van der Waals surface area contributed by atoms with Gasteiger partial charge in [-0.25, -0.2) is 0 Å². The first-order valence-electron chi connectivity index (χ1n) is 9.52. The van der Waals surface area contributed by atoms with Gasteiger partial charge in [0.05, 0.1) is 5.92 Å². The van der Waals surface area contributed by atoms with Crippen molar-refractivity contribution in [2.75, 3.05) is 0 Å². The van der Waals surface area contributed by atoms with E-state index in [0.29, 0.717) is 17.8 Å². The van der Waals surface area contributed by atoms with Gasteiger partial charge in [-0.2, -0.15) is 0 Å². The largest absolute Gasteiger partial charge is 0.459 e. The van der Waals surface area contributed by atoms with E-state index in [2.05, 4.69) is 34.6 Å². The molecule has 0 amide bonds. The summed E-state index contributed by atoms with van der Waals surface area (Å²) in [6, 6.07) is 0. The van der Waals surface area contributed by atoms with Crippen molar-refractivity contribution in [3.8, 4) is 0 Å². The Balaban J connectivity index is 1.60. The number of hydrogen-bond donors (Lipinski definition) is 0. The molecule has 0 aliphatic heterocycles. The van der Waals surface area contributed by atoms with Crippen molar-refractivity contribution in [1.29, 1.82) is 0 Å². The molecule has 0 aromatic heterocycles. The number of ether oxygens (including phenoxy) is 1. The van der Waals surface area contributed by atoms with Gasteiger partial charge in [-0.15, -0.1) is 0 Å². The van der Waals surface area contributed by atoms with E-state index in [1.54, 1.807) is 0 Å². The molecule has 5 atom stereocenters. The van der Waals surface area contributed by atoms with Gasteiger partial charge in [0.25, 0.3) is 0 Å². The molecular weight excluding hydrogens is 272 g/mol. The molecule has 3 fully saturated rings. The van der Waals surface area contributed by atoms with Crippen LogP contribution in [0.1, 0.15) is 73.1 Å². The summed E-state index contributed by atoms with van der Waals surface area (Å²) in [7, 11) is 0. The molecule has 0 heterocycles. The summed E-state index contributed by atoms with van der Waals surface area (Å²) in [4.78, 5) is 12.8. The van der Waals surface area contributed by atoms with Gasteiger partial charge in [-0.3, -0.25) is 4.79 Å². The second-order valence-electron chi connectivity index (χ2n) is 9.20. The monoisotopic (exact) mass is 306 g/mol. The van der Waals surface area contributed by atoms with Crippen molar-refractivity contribution in [3.63, 3.8) is 0 Å². The second-order valence-corrected chi connectivity index (χ2v) is 9.20. The van der Waals surface area contributed by atoms with E-state index in [1.165, 1.54) is 32.1 Å². The number of esters is 1. The average molecular weight is 306 g/mol. The third-order valence-corrected chi connectivity index (χ3v) is 7.56. The van der Waals surface area contributed by atoms with Crippen LogP contribution in [-0.4, -0.2) is 11.6 Å². The lowest BCUT2D eigenvalue weighted by Gasteiger charge is -2.40. The Morgan fingerprint density at radius 3 is 2.14 bits per heavy atom. The topological polar surface area (TPSA) is 26.3 Å². The lowest BCUT2D eigenvalue weighted by molar-refractivity contribution is -0.171. The van der Waals surface area contributed by atoms with Gasteiger partial charge >= 0.3 is 5.97 Å². The Bertz CT molecular complexity index is 417. The predicted molar refractivity (Wildman–Crippen MR) is 89.3 cm³/mol. The predicted octanol–water partition coefficient (Wildman–Crippen LogP) is 5.06. The van der Waals surface area contributed by atoms with Crippen LogP contribution < -0.4 is 0 Å². The van der Waals surface area contributed by atoms with Gasteiger partial charge < -0.3 is 4.74 Å². The molecule has 126 valence electrons. The summed E-state index contributed by atoms with van der Waals surface area (Å²) in [5.41, 5.74) is -0.284. The van der Waals surface area contributed by atoms with Crippen LogP contribution in [0.4, 0.5) is 0 Å². The molecule has 2 nitrogen and oxygen atoms in total. The zero-order valence-corrected chi connectivity index (χ0v) is 15.1. The van der Waals surface area contributed by atoms with Gasteiger partial charge in [0.2, 0.25) is 0 Å². The molecule has 2 heteroatoms. The van der Waals surface area contributed by atoms with Gasteiger partial charge in [0.15, 0.2) is 0 Å². The molecule has 0 aromatic rings. The fourth-order valence-electron chi connectivity index (χ4n) is 5.59. The van der Waals surface area contributed by atoms with Crippen LogP contribution in [0.25, 0.3) is 0 Å². The highest BCUT2D eigenvalue weighted by Crippen LogP contribution is 2.55. The van der Waals surface area contributed by atoms with E-state index in [0.717, 1.165) is 24.2 Å². The third-order valence-electron chi connectivity index (χ3n) is 7.56. The summed E-state index contributed by atoms with van der Waals surface area (Å²) < 4.78 is 6.09. The van der Waals surface area contributed by atoms with E-state index in [-0.39, 0.29) is 17.5 Å². The zero-order chi connectivity index (χ0) is 16.1. The molecule has 3 aliphatic carbocycles. The molecule has 2 bridgehead atoms. The Labute approximate surface area is 136 Å². The molecule has 0 saturated heterocycles. The molecule has 3 rings (SSSR count). The van der Waals surface area contributed by atoms with Crippen LogP contribution in [0, 0.1) is 41.4 Å². The molecule has 0 radical (unpaired) electrons. The number of rotatable bonds is 3. The lowest BCUT2D eigenvalue weighted by Crippen LogP contribution is -2.42. The van der Waals surface area contributed by atoms with Gasteiger partial charge in [-0.05, 0) is 75.0 Å². The lowest BCUT2D eigenvalue weighted by atomic mass is 9.74. The van der Waals surface area contributed by atoms with Crippen molar-refractivity contribution >= 4 is 5.97 Å². The molecule has 3 saturated carbocycles. The first kappa shape index (κ1) is 16.3. The van der Waals surface area contributed by atoms with E-state index in [9.17, 15) is 4.79 Å². The minimum Gasteiger partial charge on any atom is -0.459 e. The highest BCUT2D eigenvalue weighted by Gasteiger charge is 2.52. The molecule has 3 aliphatic rings. The summed E-state index contributed by atoms with van der Waals surface area (Å²) in [5.74, 6) is 4.49. The zero-order valence-electron chi connectivity index (χ0n) is 15.1. The van der Waals surface area contributed by atoms with Crippen molar-refractivity contribution in [2.45, 2.75) is 78.7 Å². The van der Waals surface area contributed by atoms with Crippen molar-refractivity contribution < 1.29 is 9.53 Å². The van der Waals surface area contributed by atoms with E-state index >= 15 is 0 Å². The number of hydrogen-bond acceptors (Lipinski definition) is 2. The van der Waals surface area contributed by atoms with Crippen molar-refractivity contribution in [1.82, 2.24) is 0 Å². The number of fused-ring (bicyclic) bond motifs is 2. The first-order chi connectivity index (χ1) is 10.3. The average Bonchev–Trinajstić information content (AvgIpc) is 3.00. The highest BCUT2D eigenvalue weighted by molar-refractivity contribution is 5.74. The van der Waals surface area contributed by atoms with E-state index < -0.39 is 0 Å². The van der Waals surface area contributed by atoms with Crippen LogP contribution in [0.5, 0.6) is 0 Å². The summed E-state index contributed by atoms with van der Waals surface area (Å²) in [6.07, 6.45) is 7.33. The Hall–Kier alpha value is -0.530. The Morgan fingerprint density at radius 2 is 1.59 bits per heavy atom. The molecular formula is C20H34O2. The number of carbonyl (C=O) groups is 1. The van der Waals surface area contributed by atoms with Gasteiger partial charge in [0.1, 0.15) is 5.60 Å². The maximum atomic E-state index is 12.8. The normalized spacial score (nSPS) is 45.0. The summed E-state index contributed by atoms with van der Waals surface area (Å²) in [5, 5.41) is 0. The molecule has 5 unspecified atom stereocenters. The second kappa shape index (κ2) is 5.83. The smallest absolute Gasteiger partial charge is 0.309 e. The Kier molecular flexibility index (Phi) is 4.33. The fraction of sp³-hybridized carbons (Fsp3) is 0.950. The van der Waals surface area contributed by atoms with Gasteiger partial charge in [-0.1, -0.05) is 33.6 Å². The first-order valence-corrected chi connectivity index (χ1v) is 9.52. The number of carbonyl (C=O) groups excluding carboxylic acids is 1. The van der Waals surface area contributed by atoms with Crippen molar-refractivity contribution in [2.24, 2.45) is 41.4 Å². The van der Waals surface area contributed by atoms with E-state index in [4.69, 9.17) is 4.74 Å². The molecule has 0 N–H and O–H groups in total. The minimum atomic E-state index is -0.284. The van der Waals surface area contributed by atoms with Crippen LogP contribution in [0.2, 0.25) is 0 Å². The van der Waals surface area contributed by atoms with Gasteiger partial charge in [0, 0.05) is 0 Å². The summed E-state index contributed by atoms with van der Waals surface area (Å²) in [6.45, 7) is 11.3.